The molecule has 388 valence electrons. The number of hydrogen-bond acceptors (Lipinski definition) is 5. The van der Waals surface area contributed by atoms with E-state index in [0.717, 1.165) is 83.5 Å². The SMILES string of the molecule is CC/C=C/C=C/C=C\C=C/C=C/CCCC(CC(=O)NC(CO)C(O)CCCCCCCCCCCCCCCCCCC)OC(=O)CCCCC/C=C\C/C=C\C/C=C\C/C=C\CCCCC. The van der Waals surface area contributed by atoms with Crippen LogP contribution in [0.5, 0.6) is 0 Å². The van der Waals surface area contributed by atoms with E-state index in [1.807, 2.05) is 48.6 Å². The number of allylic oxidation sites excluding steroid dienone is 18. The van der Waals surface area contributed by atoms with Crippen molar-refractivity contribution in [3.05, 3.63) is 109 Å². The maximum Gasteiger partial charge on any atom is 0.306 e. The van der Waals surface area contributed by atoms with E-state index in [1.165, 1.54) is 116 Å². The van der Waals surface area contributed by atoms with Crippen LogP contribution in [0, 0.1) is 0 Å². The molecule has 6 heteroatoms. The molecule has 0 aromatic carbocycles. The third kappa shape index (κ3) is 49.0. The quantitative estimate of drug-likeness (QED) is 0.0244. The van der Waals surface area contributed by atoms with Gasteiger partial charge in [0.25, 0.3) is 0 Å². The highest BCUT2D eigenvalue weighted by Crippen LogP contribution is 2.17. The monoisotopic (exact) mass is 944 g/mol. The van der Waals surface area contributed by atoms with Crippen molar-refractivity contribution in [2.24, 2.45) is 0 Å². The summed E-state index contributed by atoms with van der Waals surface area (Å²) in [5.41, 5.74) is 0. The number of esters is 1. The van der Waals surface area contributed by atoms with Gasteiger partial charge in [-0.2, -0.15) is 0 Å². The van der Waals surface area contributed by atoms with Crippen LogP contribution in [-0.2, 0) is 14.3 Å². The molecule has 0 aliphatic carbocycles. The van der Waals surface area contributed by atoms with Crippen LogP contribution in [-0.4, -0.2) is 46.9 Å². The fraction of sp³-hybridized carbons (Fsp3) is 0.677. The number of aliphatic hydroxyl groups is 2. The van der Waals surface area contributed by atoms with E-state index in [0.29, 0.717) is 19.3 Å². The molecule has 0 aliphatic rings. The summed E-state index contributed by atoms with van der Waals surface area (Å²) in [6.45, 7) is 6.29. The minimum atomic E-state index is -0.820. The van der Waals surface area contributed by atoms with Gasteiger partial charge < -0.3 is 20.3 Å². The Balaban J connectivity index is 4.67. The molecule has 0 spiro atoms. The van der Waals surface area contributed by atoms with Crippen molar-refractivity contribution in [3.8, 4) is 0 Å². The molecule has 3 atom stereocenters. The first-order chi connectivity index (χ1) is 33.5. The molecular formula is C62H105NO5. The fourth-order valence-corrected chi connectivity index (χ4v) is 7.97. The summed E-state index contributed by atoms with van der Waals surface area (Å²) < 4.78 is 5.89. The predicted molar refractivity (Wildman–Crippen MR) is 296 cm³/mol. The first kappa shape index (κ1) is 64.5. The van der Waals surface area contributed by atoms with Crippen molar-refractivity contribution in [2.45, 2.75) is 264 Å². The number of hydrogen-bond donors (Lipinski definition) is 3. The van der Waals surface area contributed by atoms with Gasteiger partial charge in [0.15, 0.2) is 0 Å². The maximum atomic E-state index is 13.2. The number of rotatable bonds is 49. The highest BCUT2D eigenvalue weighted by Gasteiger charge is 2.24. The highest BCUT2D eigenvalue weighted by molar-refractivity contribution is 5.77. The maximum absolute atomic E-state index is 13.2. The van der Waals surface area contributed by atoms with E-state index in [9.17, 15) is 19.8 Å². The van der Waals surface area contributed by atoms with Gasteiger partial charge in [-0.25, -0.2) is 0 Å². The summed E-state index contributed by atoms with van der Waals surface area (Å²) >= 11 is 0. The smallest absolute Gasteiger partial charge is 0.306 e. The van der Waals surface area contributed by atoms with Gasteiger partial charge in [-0.15, -0.1) is 0 Å². The second-order valence-electron chi connectivity index (χ2n) is 18.7. The number of carbonyl (C=O) groups is 2. The Morgan fingerprint density at radius 3 is 1.37 bits per heavy atom. The molecule has 0 saturated heterocycles. The normalized spacial score (nSPS) is 14.0. The zero-order valence-electron chi connectivity index (χ0n) is 44.2. The standard InChI is InChI=1S/C62H105NO5/c1-4-7-10-13-16-19-22-25-27-29-30-32-34-37-40-43-46-49-52-55-62(67)68-58(53-50-47-44-41-38-35-24-21-18-15-12-9-6-3)56-61(66)63-59(57-64)60(65)54-51-48-45-42-39-36-33-31-28-26-23-20-17-14-11-8-5-2/h9,12,15-16,18-19,21,24-25,27,30,32,35,37-38,40-41,44,58-60,64-65H,4-8,10-11,13-14,17,20,22-23,26,28-29,31,33-34,36,39,42-43,45-57H2,1-3H3,(H,63,66)/b12-9+,18-15+,19-16-,24-21-,27-25-,32-30-,38-35-,40-37-,44-41+. The van der Waals surface area contributed by atoms with Gasteiger partial charge in [0, 0.05) is 6.42 Å². The van der Waals surface area contributed by atoms with Gasteiger partial charge in [-0.05, 0) is 83.5 Å². The largest absolute Gasteiger partial charge is 0.462 e. The van der Waals surface area contributed by atoms with Gasteiger partial charge >= 0.3 is 5.97 Å². The molecule has 0 saturated carbocycles. The molecule has 3 unspecified atom stereocenters. The van der Waals surface area contributed by atoms with Gasteiger partial charge in [0.1, 0.15) is 6.10 Å². The van der Waals surface area contributed by atoms with Crippen LogP contribution in [0.3, 0.4) is 0 Å². The Kier molecular flexibility index (Phi) is 51.7. The van der Waals surface area contributed by atoms with Crippen molar-refractivity contribution >= 4 is 11.9 Å². The van der Waals surface area contributed by atoms with Crippen LogP contribution in [0.15, 0.2) is 109 Å². The van der Waals surface area contributed by atoms with E-state index in [2.05, 4.69) is 86.8 Å². The average molecular weight is 945 g/mol. The van der Waals surface area contributed by atoms with Crippen LogP contribution < -0.4 is 5.32 Å². The Morgan fingerprint density at radius 2 is 0.868 bits per heavy atom. The van der Waals surface area contributed by atoms with Gasteiger partial charge in [-0.1, -0.05) is 259 Å². The van der Waals surface area contributed by atoms with Crippen molar-refractivity contribution in [3.63, 3.8) is 0 Å². The molecule has 68 heavy (non-hydrogen) atoms. The number of aliphatic hydroxyl groups excluding tert-OH is 2. The topological polar surface area (TPSA) is 95.9 Å². The van der Waals surface area contributed by atoms with Crippen LogP contribution in [0.1, 0.15) is 245 Å². The lowest BCUT2D eigenvalue weighted by Gasteiger charge is -2.24. The predicted octanol–water partition coefficient (Wildman–Crippen LogP) is 17.5. The molecule has 3 N–H and O–H groups in total. The number of carbonyl (C=O) groups excluding carboxylic acids is 2. The number of amides is 1. The number of unbranched alkanes of at least 4 members (excludes halogenated alkanes) is 23. The van der Waals surface area contributed by atoms with Crippen LogP contribution in [0.2, 0.25) is 0 Å². The van der Waals surface area contributed by atoms with E-state index in [-0.39, 0.29) is 24.9 Å². The van der Waals surface area contributed by atoms with E-state index < -0.39 is 18.2 Å². The summed E-state index contributed by atoms with van der Waals surface area (Å²) in [5, 5.41) is 23.8. The van der Waals surface area contributed by atoms with Crippen molar-refractivity contribution in [2.75, 3.05) is 6.61 Å². The third-order valence-electron chi connectivity index (χ3n) is 12.2. The number of ether oxygens (including phenoxy) is 1. The molecule has 0 aromatic rings. The summed E-state index contributed by atoms with van der Waals surface area (Å²) in [6, 6.07) is -0.739. The molecule has 6 nitrogen and oxygen atoms in total. The van der Waals surface area contributed by atoms with Crippen molar-refractivity contribution < 1.29 is 24.5 Å². The third-order valence-corrected chi connectivity index (χ3v) is 12.2. The lowest BCUT2D eigenvalue weighted by Crippen LogP contribution is -2.46. The molecule has 0 bridgehead atoms. The second-order valence-corrected chi connectivity index (χ2v) is 18.7. The Bertz CT molecular complexity index is 1380. The van der Waals surface area contributed by atoms with Gasteiger partial charge in [0.05, 0.1) is 25.2 Å². The Morgan fingerprint density at radius 1 is 0.456 bits per heavy atom. The highest BCUT2D eigenvalue weighted by atomic mass is 16.5. The van der Waals surface area contributed by atoms with Crippen LogP contribution in [0.25, 0.3) is 0 Å². The van der Waals surface area contributed by atoms with Crippen LogP contribution in [0.4, 0.5) is 0 Å². The molecule has 1 amide bonds. The molecule has 0 heterocycles. The lowest BCUT2D eigenvalue weighted by atomic mass is 10.0. The molecule has 0 aliphatic heterocycles. The first-order valence-corrected chi connectivity index (χ1v) is 28.2. The average Bonchev–Trinajstić information content (AvgIpc) is 3.33. The lowest BCUT2D eigenvalue weighted by molar-refractivity contribution is -0.151. The molecule has 0 radical (unpaired) electrons. The summed E-state index contributed by atoms with van der Waals surface area (Å²) in [7, 11) is 0. The van der Waals surface area contributed by atoms with Gasteiger partial charge in [-0.3, -0.25) is 9.59 Å². The van der Waals surface area contributed by atoms with Gasteiger partial charge in [0.2, 0.25) is 5.91 Å². The molecule has 0 rings (SSSR count). The molecule has 0 aromatic heterocycles. The Hall–Kier alpha value is -3.48. The van der Waals surface area contributed by atoms with E-state index in [4.69, 9.17) is 4.74 Å². The van der Waals surface area contributed by atoms with Crippen molar-refractivity contribution in [1.29, 1.82) is 0 Å². The second kappa shape index (κ2) is 54.5. The zero-order chi connectivity index (χ0) is 49.5. The summed E-state index contributed by atoms with van der Waals surface area (Å²) in [5.74, 6) is -0.589. The van der Waals surface area contributed by atoms with Crippen LogP contribution >= 0.6 is 0 Å². The molecule has 0 fully saturated rings. The fourth-order valence-electron chi connectivity index (χ4n) is 7.97. The van der Waals surface area contributed by atoms with E-state index >= 15 is 0 Å². The molecular weight excluding hydrogens is 839 g/mol. The summed E-state index contributed by atoms with van der Waals surface area (Å²) in [6.07, 6.45) is 74.4. The zero-order valence-corrected chi connectivity index (χ0v) is 44.2. The minimum Gasteiger partial charge on any atom is -0.462 e. The Labute approximate surface area is 419 Å². The number of nitrogens with one attached hydrogen (secondary N) is 1. The first-order valence-electron chi connectivity index (χ1n) is 28.2. The van der Waals surface area contributed by atoms with E-state index in [1.54, 1.807) is 0 Å². The van der Waals surface area contributed by atoms with Crippen molar-refractivity contribution in [1.82, 2.24) is 5.32 Å². The summed E-state index contributed by atoms with van der Waals surface area (Å²) in [4.78, 5) is 26.2. The minimum absolute atomic E-state index is 0.00945.